The quantitative estimate of drug-likeness (QED) is 0.127. The molecule has 0 bridgehead atoms. The van der Waals surface area contributed by atoms with Gasteiger partial charge in [-0.3, -0.25) is 0 Å². The van der Waals surface area contributed by atoms with E-state index in [1.807, 2.05) is 0 Å². The van der Waals surface area contributed by atoms with E-state index in [0.29, 0.717) is 5.69 Å². The molecule has 0 saturated carbocycles. The van der Waals surface area contributed by atoms with Crippen molar-refractivity contribution >= 4 is 65.6 Å². The van der Waals surface area contributed by atoms with Crippen molar-refractivity contribution in [3.05, 3.63) is 53.8 Å². The number of anilines is 2. The molecule has 4 rings (SSSR count). The minimum Gasteiger partial charge on any atom is -0.744 e. The maximum absolute atomic E-state index is 12.1. The molecule has 40 heavy (non-hydrogen) atoms. The van der Waals surface area contributed by atoms with Gasteiger partial charge in [-0.1, -0.05) is 12.1 Å². The van der Waals surface area contributed by atoms with Gasteiger partial charge in [0.15, 0.2) is 5.75 Å². The van der Waals surface area contributed by atoms with Crippen LogP contribution in [0.1, 0.15) is 0 Å². The number of phenols is 1. The maximum Gasteiger partial charge on any atom is 1.00 e. The molecule has 1 heterocycles. The molecule has 14 nitrogen and oxygen atoms in total. The van der Waals surface area contributed by atoms with E-state index in [0.717, 1.165) is 18.2 Å². The minimum absolute atomic E-state index is 0. The molecule has 4 aromatic rings. The predicted octanol–water partition coefficient (Wildman–Crippen LogP) is -2.61. The molecule has 0 amide bonds. The third kappa shape index (κ3) is 7.46. The van der Waals surface area contributed by atoms with E-state index in [-0.39, 0.29) is 87.1 Å². The molecule has 0 saturated heterocycles. The van der Waals surface area contributed by atoms with E-state index in [2.05, 4.69) is 25.2 Å². The van der Waals surface area contributed by atoms with Crippen molar-refractivity contribution in [2.75, 3.05) is 19.1 Å². The van der Waals surface area contributed by atoms with Gasteiger partial charge in [-0.25, -0.2) is 16.8 Å². The van der Waals surface area contributed by atoms with Gasteiger partial charge in [0.05, 0.1) is 16.9 Å². The molecule has 1 aromatic heterocycles. The molecule has 0 atom stereocenters. The van der Waals surface area contributed by atoms with Gasteiger partial charge in [0.1, 0.15) is 31.6 Å². The summed E-state index contributed by atoms with van der Waals surface area (Å²) in [6.45, 7) is 0. The van der Waals surface area contributed by atoms with Gasteiger partial charge in [0, 0.05) is 18.1 Å². The van der Waals surface area contributed by atoms with Gasteiger partial charge in [-0.2, -0.15) is 15.0 Å². The van der Waals surface area contributed by atoms with Crippen molar-refractivity contribution in [2.24, 2.45) is 10.2 Å². The van der Waals surface area contributed by atoms with Crippen LogP contribution in [-0.2, 0) is 20.2 Å². The second kappa shape index (κ2) is 13.3. The number of hydrogen-bond donors (Lipinski definition) is 1. The zero-order chi connectivity index (χ0) is 27.8. The van der Waals surface area contributed by atoms with Gasteiger partial charge in [0.25, 0.3) is 0 Å². The number of azo groups is 1. The monoisotopic (exact) mass is 624 g/mol. The standard InChI is InChI=1S/C21H17ClN6O8S2.2Na/c1-28(20-23-19(22)24-21(25-20)36-2)12-7-8-13-11(9-12)10-16(38(33,34)35)17(18(13)29)27-26-14-5-3-4-6-15(14)37(30,31)32;;/h3-10,29H,1-2H3,(H,30,31,32)(H,33,34,35);;/q;2*+1/p-2. The van der Waals surface area contributed by atoms with E-state index in [1.165, 1.54) is 42.3 Å². The Balaban J connectivity index is 0.00000280. The smallest absolute Gasteiger partial charge is 0.744 e. The number of fused-ring (bicyclic) bond motifs is 1. The summed E-state index contributed by atoms with van der Waals surface area (Å²) in [5.74, 6) is -0.637. The van der Waals surface area contributed by atoms with Crippen LogP contribution in [0.5, 0.6) is 11.8 Å². The molecule has 0 aliphatic heterocycles. The topological polar surface area (TPSA) is 210 Å². The van der Waals surface area contributed by atoms with E-state index in [4.69, 9.17) is 16.3 Å². The van der Waals surface area contributed by atoms with Crippen LogP contribution in [0.3, 0.4) is 0 Å². The van der Waals surface area contributed by atoms with Gasteiger partial charge in [-0.15, -0.1) is 10.2 Å². The number of nitrogens with zero attached hydrogens (tertiary/aromatic N) is 6. The van der Waals surface area contributed by atoms with Gasteiger partial charge in [-0.05, 0) is 53.4 Å². The summed E-state index contributed by atoms with van der Waals surface area (Å²) >= 11 is 5.90. The molecule has 0 unspecified atom stereocenters. The molecular weight excluding hydrogens is 610 g/mol. The van der Waals surface area contributed by atoms with Crippen LogP contribution in [0.15, 0.2) is 68.6 Å². The van der Waals surface area contributed by atoms with Crippen LogP contribution in [-0.4, -0.2) is 60.2 Å². The maximum atomic E-state index is 12.1. The second-order valence-corrected chi connectivity index (χ2v) is 10.5. The minimum atomic E-state index is -5.21. The second-order valence-electron chi connectivity index (χ2n) is 7.50. The average molecular weight is 625 g/mol. The zero-order valence-corrected chi connectivity index (χ0v) is 27.7. The summed E-state index contributed by atoms with van der Waals surface area (Å²) in [5, 5.41) is 18.1. The fourth-order valence-corrected chi connectivity index (χ4v) is 4.77. The molecule has 3 aromatic carbocycles. The Bertz CT molecular complexity index is 1830. The molecule has 0 aliphatic rings. The SMILES string of the molecule is COc1nc(Cl)nc(N(C)c2ccc3c(O)c(N=Nc4ccccc4S(=O)(=O)[O-])c(S(=O)(=O)[O-])cc3c2)n1.[Na+].[Na+]. The van der Waals surface area contributed by atoms with Crippen molar-refractivity contribution in [3.63, 3.8) is 0 Å². The first-order valence-electron chi connectivity index (χ1n) is 10.2. The molecule has 0 aliphatic carbocycles. The molecule has 0 spiro atoms. The van der Waals surface area contributed by atoms with Crippen molar-refractivity contribution < 1.29 is 94.9 Å². The number of phenolic OH excluding ortho intramolecular Hbond substituents is 1. The number of aromatic hydroxyl groups is 1. The van der Waals surface area contributed by atoms with Crippen molar-refractivity contribution in [3.8, 4) is 11.8 Å². The van der Waals surface area contributed by atoms with Crippen LogP contribution >= 0.6 is 11.6 Å². The normalized spacial score (nSPS) is 11.6. The summed E-state index contributed by atoms with van der Waals surface area (Å²) in [6.07, 6.45) is 0. The number of hydrogen-bond acceptors (Lipinski definition) is 14. The van der Waals surface area contributed by atoms with E-state index in [1.54, 1.807) is 7.05 Å². The Morgan fingerprint density at radius 1 is 0.925 bits per heavy atom. The Morgan fingerprint density at radius 3 is 2.20 bits per heavy atom. The Kier molecular flexibility index (Phi) is 11.4. The van der Waals surface area contributed by atoms with Crippen LogP contribution in [0.25, 0.3) is 10.8 Å². The van der Waals surface area contributed by atoms with E-state index in [9.17, 15) is 31.0 Å². The van der Waals surface area contributed by atoms with Crippen LogP contribution < -0.4 is 68.8 Å². The molecule has 19 heteroatoms. The largest absolute Gasteiger partial charge is 1.00 e. The summed E-state index contributed by atoms with van der Waals surface area (Å²) in [5.41, 5.74) is -0.750. The third-order valence-corrected chi connectivity index (χ3v) is 7.04. The first-order chi connectivity index (χ1) is 17.8. The molecule has 0 fully saturated rings. The molecule has 1 N–H and O–H groups in total. The number of halogens is 1. The molecule has 198 valence electrons. The van der Waals surface area contributed by atoms with E-state index >= 15 is 0 Å². The summed E-state index contributed by atoms with van der Waals surface area (Å²) in [6, 6.07) is 10.1. The van der Waals surface area contributed by atoms with Gasteiger partial charge in [0.2, 0.25) is 11.2 Å². The first kappa shape index (κ1) is 34.2. The fourth-order valence-electron chi connectivity index (χ4n) is 3.37. The molecular formula is C21H15ClN6Na2O8S2. The third-order valence-electron chi connectivity index (χ3n) is 5.14. The number of aromatic nitrogens is 3. The van der Waals surface area contributed by atoms with E-state index < -0.39 is 47.2 Å². The summed E-state index contributed by atoms with van der Waals surface area (Å²) in [4.78, 5) is 11.7. The van der Waals surface area contributed by atoms with Crippen LogP contribution in [0.2, 0.25) is 5.28 Å². The van der Waals surface area contributed by atoms with Gasteiger partial charge >= 0.3 is 65.1 Å². The molecule has 0 radical (unpaired) electrons. The van der Waals surface area contributed by atoms with Gasteiger partial charge < -0.3 is 23.8 Å². The average Bonchev–Trinajstić information content (AvgIpc) is 2.86. The number of rotatable bonds is 7. The number of ether oxygens (including phenoxy) is 1. The number of benzene rings is 3. The Hall–Kier alpha value is -1.96. The van der Waals surface area contributed by atoms with Crippen molar-refractivity contribution in [2.45, 2.75) is 9.79 Å². The van der Waals surface area contributed by atoms with Crippen molar-refractivity contribution in [1.29, 1.82) is 0 Å². The Morgan fingerprint density at radius 2 is 1.57 bits per heavy atom. The first-order valence-corrected chi connectivity index (χ1v) is 13.4. The summed E-state index contributed by atoms with van der Waals surface area (Å²) in [7, 11) is -7.25. The predicted molar refractivity (Wildman–Crippen MR) is 132 cm³/mol. The fraction of sp³-hybridized carbons (Fsp3) is 0.0952. The zero-order valence-electron chi connectivity index (χ0n) is 21.3. The Labute approximate surface area is 277 Å². The number of methoxy groups -OCH3 is 1. The van der Waals surface area contributed by atoms with Crippen molar-refractivity contribution in [1.82, 2.24) is 15.0 Å². The van der Waals surface area contributed by atoms with Crippen LogP contribution in [0.4, 0.5) is 23.0 Å². The summed E-state index contributed by atoms with van der Waals surface area (Å²) < 4.78 is 75.6. The van der Waals surface area contributed by atoms with Crippen LogP contribution in [0, 0.1) is 0 Å².